The van der Waals surface area contributed by atoms with Gasteiger partial charge in [0.2, 0.25) is 0 Å². The lowest BCUT2D eigenvalue weighted by Gasteiger charge is -2.09. The van der Waals surface area contributed by atoms with Crippen molar-refractivity contribution in [3.63, 3.8) is 0 Å². The molecule has 1 heterocycles. The Morgan fingerprint density at radius 2 is 1.73 bits per heavy atom. The summed E-state index contributed by atoms with van der Waals surface area (Å²) in [4.78, 5) is 16.1. The monoisotopic (exact) mass is 424 g/mol. The summed E-state index contributed by atoms with van der Waals surface area (Å²) in [5.74, 6) is -0.931. The Kier molecular flexibility index (Phi) is 4.44. The molecule has 2 N–H and O–H groups in total. The molecule has 0 fully saturated rings. The molecule has 26 heavy (non-hydrogen) atoms. The molecule has 4 rings (SSSR count). The molecule has 0 radical (unpaired) electrons. The third-order valence-electron chi connectivity index (χ3n) is 4.04. The molecule has 0 amide bonds. The highest BCUT2D eigenvalue weighted by molar-refractivity contribution is 9.10. The number of carboxylic acids is 1. The first-order valence-corrected chi connectivity index (χ1v) is 9.52. The van der Waals surface area contributed by atoms with E-state index in [9.17, 15) is 9.90 Å². The third-order valence-corrected chi connectivity index (χ3v) is 5.33. The summed E-state index contributed by atoms with van der Waals surface area (Å²) in [6.45, 7) is 0. The molecule has 0 atom stereocenters. The largest absolute Gasteiger partial charge is 0.478 e. The summed E-state index contributed by atoms with van der Waals surface area (Å²) >= 11 is 4.95. The number of fused-ring (bicyclic) bond motifs is 1. The highest BCUT2D eigenvalue weighted by atomic mass is 79.9. The van der Waals surface area contributed by atoms with Crippen molar-refractivity contribution in [3.05, 3.63) is 76.1 Å². The van der Waals surface area contributed by atoms with Crippen LogP contribution in [0.1, 0.15) is 10.4 Å². The third kappa shape index (κ3) is 3.21. The summed E-state index contributed by atoms with van der Waals surface area (Å²) in [6, 6.07) is 18.9. The van der Waals surface area contributed by atoms with Gasteiger partial charge in [-0.25, -0.2) is 9.78 Å². The molecule has 0 aliphatic heterocycles. The zero-order valence-electron chi connectivity index (χ0n) is 13.4. The Bertz CT molecular complexity index is 1110. The Morgan fingerprint density at radius 3 is 2.46 bits per heavy atom. The van der Waals surface area contributed by atoms with Crippen molar-refractivity contribution in [1.29, 1.82) is 0 Å². The maximum Gasteiger partial charge on any atom is 0.336 e. The van der Waals surface area contributed by atoms with E-state index in [-0.39, 0.29) is 0 Å². The topological polar surface area (TPSA) is 62.2 Å². The minimum atomic E-state index is -0.931. The van der Waals surface area contributed by atoms with E-state index in [2.05, 4.69) is 26.2 Å². The number of carboxylic acid groups (broad SMARTS) is 1. The van der Waals surface area contributed by atoms with Gasteiger partial charge in [-0.15, -0.1) is 11.3 Å². The van der Waals surface area contributed by atoms with Crippen LogP contribution in [0.5, 0.6) is 0 Å². The number of rotatable bonds is 4. The number of carbonyl (C=O) groups is 1. The minimum absolute atomic E-state index is 0.292. The van der Waals surface area contributed by atoms with Crippen LogP contribution >= 0.6 is 27.3 Å². The van der Waals surface area contributed by atoms with Crippen LogP contribution in [0, 0.1) is 0 Å². The van der Waals surface area contributed by atoms with E-state index < -0.39 is 5.97 Å². The summed E-state index contributed by atoms with van der Waals surface area (Å²) in [7, 11) is 0. The average molecular weight is 425 g/mol. The predicted molar refractivity (Wildman–Crippen MR) is 109 cm³/mol. The molecule has 6 heteroatoms. The normalized spacial score (nSPS) is 10.8. The van der Waals surface area contributed by atoms with Gasteiger partial charge in [-0.2, -0.15) is 0 Å². The highest BCUT2D eigenvalue weighted by Gasteiger charge is 2.12. The van der Waals surface area contributed by atoms with Gasteiger partial charge in [-0.05, 0) is 29.7 Å². The Morgan fingerprint density at radius 1 is 1.00 bits per heavy atom. The maximum atomic E-state index is 11.4. The van der Waals surface area contributed by atoms with Gasteiger partial charge < -0.3 is 10.4 Å². The molecule has 4 nitrogen and oxygen atoms in total. The molecule has 0 aliphatic rings. The molecule has 0 spiro atoms. The standard InChI is InChI=1S/C20H13BrN2O2S/c21-13-7-5-12(6-8-13)18-11-26-20(23-18)22-17-10-9-16(19(24)25)14-3-1-2-4-15(14)17/h1-11H,(H,22,23)(H,24,25). The van der Waals surface area contributed by atoms with E-state index in [4.69, 9.17) is 0 Å². The second-order valence-corrected chi connectivity index (χ2v) is 7.45. The van der Waals surface area contributed by atoms with Crippen LogP contribution in [0.4, 0.5) is 10.8 Å². The van der Waals surface area contributed by atoms with Crippen LogP contribution in [-0.2, 0) is 0 Å². The smallest absolute Gasteiger partial charge is 0.336 e. The zero-order chi connectivity index (χ0) is 18.1. The number of thiazole rings is 1. The second kappa shape index (κ2) is 6.90. The van der Waals surface area contributed by atoms with E-state index in [0.29, 0.717) is 10.9 Å². The van der Waals surface area contributed by atoms with Gasteiger partial charge in [0.25, 0.3) is 0 Å². The lowest BCUT2D eigenvalue weighted by atomic mass is 10.0. The van der Waals surface area contributed by atoms with Crippen LogP contribution in [0.2, 0.25) is 0 Å². The maximum absolute atomic E-state index is 11.4. The Balaban J connectivity index is 1.69. The molecule has 0 aliphatic carbocycles. The first-order valence-electron chi connectivity index (χ1n) is 7.85. The van der Waals surface area contributed by atoms with E-state index >= 15 is 0 Å². The van der Waals surface area contributed by atoms with Gasteiger partial charge in [0, 0.05) is 26.5 Å². The van der Waals surface area contributed by atoms with Crippen LogP contribution in [-0.4, -0.2) is 16.1 Å². The fraction of sp³-hybridized carbons (Fsp3) is 0. The van der Waals surface area contributed by atoms with Crippen molar-refractivity contribution in [2.24, 2.45) is 0 Å². The number of anilines is 2. The van der Waals surface area contributed by atoms with Gasteiger partial charge in [0.05, 0.1) is 11.3 Å². The molecule has 4 aromatic rings. The van der Waals surface area contributed by atoms with Crippen LogP contribution in [0.25, 0.3) is 22.0 Å². The zero-order valence-corrected chi connectivity index (χ0v) is 15.8. The fourth-order valence-corrected chi connectivity index (χ4v) is 3.79. The lowest BCUT2D eigenvalue weighted by Crippen LogP contribution is -1.99. The molecular formula is C20H13BrN2O2S. The van der Waals surface area contributed by atoms with Crippen molar-refractivity contribution in [1.82, 2.24) is 4.98 Å². The summed E-state index contributed by atoms with van der Waals surface area (Å²) in [5.41, 5.74) is 3.07. The van der Waals surface area contributed by atoms with Crippen molar-refractivity contribution < 1.29 is 9.90 Å². The van der Waals surface area contributed by atoms with E-state index in [1.165, 1.54) is 11.3 Å². The van der Waals surface area contributed by atoms with Gasteiger partial charge in [-0.3, -0.25) is 0 Å². The molecule has 0 saturated carbocycles. The van der Waals surface area contributed by atoms with Crippen molar-refractivity contribution in [2.45, 2.75) is 0 Å². The molecular weight excluding hydrogens is 412 g/mol. The number of nitrogens with zero attached hydrogens (tertiary/aromatic N) is 1. The van der Waals surface area contributed by atoms with Crippen molar-refractivity contribution in [3.8, 4) is 11.3 Å². The van der Waals surface area contributed by atoms with Crippen molar-refractivity contribution >= 4 is 54.8 Å². The summed E-state index contributed by atoms with van der Waals surface area (Å²) in [6.07, 6.45) is 0. The minimum Gasteiger partial charge on any atom is -0.478 e. The quantitative estimate of drug-likeness (QED) is 0.411. The van der Waals surface area contributed by atoms with E-state index in [0.717, 1.165) is 31.9 Å². The number of halogens is 1. The predicted octanol–water partition coefficient (Wildman–Crippen LogP) is 6.17. The van der Waals surface area contributed by atoms with Gasteiger partial charge in [-0.1, -0.05) is 52.3 Å². The SMILES string of the molecule is O=C(O)c1ccc(Nc2nc(-c3ccc(Br)cc3)cs2)c2ccccc12. The van der Waals surface area contributed by atoms with Crippen LogP contribution in [0.3, 0.4) is 0 Å². The van der Waals surface area contributed by atoms with Gasteiger partial charge in [0.15, 0.2) is 5.13 Å². The molecule has 0 saturated heterocycles. The number of aromatic carboxylic acids is 1. The summed E-state index contributed by atoms with van der Waals surface area (Å²) < 4.78 is 1.03. The van der Waals surface area contributed by atoms with E-state index in [1.54, 1.807) is 12.1 Å². The summed E-state index contributed by atoms with van der Waals surface area (Å²) in [5, 5.41) is 17.0. The van der Waals surface area contributed by atoms with Crippen molar-refractivity contribution in [2.75, 3.05) is 5.32 Å². The van der Waals surface area contributed by atoms with Crippen LogP contribution in [0.15, 0.2) is 70.5 Å². The molecule has 128 valence electrons. The first-order chi connectivity index (χ1) is 12.6. The van der Waals surface area contributed by atoms with Gasteiger partial charge in [0.1, 0.15) is 0 Å². The number of hydrogen-bond donors (Lipinski definition) is 2. The number of nitrogens with one attached hydrogen (secondary N) is 1. The first kappa shape index (κ1) is 16.8. The average Bonchev–Trinajstić information content (AvgIpc) is 3.11. The second-order valence-electron chi connectivity index (χ2n) is 5.68. The molecule has 0 bridgehead atoms. The molecule has 0 unspecified atom stereocenters. The highest BCUT2D eigenvalue weighted by Crippen LogP contribution is 2.32. The fourth-order valence-electron chi connectivity index (χ4n) is 2.79. The number of aromatic nitrogens is 1. The van der Waals surface area contributed by atoms with Gasteiger partial charge >= 0.3 is 5.97 Å². The number of benzene rings is 3. The molecule has 1 aromatic heterocycles. The lowest BCUT2D eigenvalue weighted by molar-refractivity contribution is 0.0699. The molecule has 3 aromatic carbocycles. The Hall–Kier alpha value is -2.70. The number of hydrogen-bond acceptors (Lipinski definition) is 4. The Labute approximate surface area is 162 Å². The van der Waals surface area contributed by atoms with E-state index in [1.807, 2.05) is 53.9 Å². The van der Waals surface area contributed by atoms with Crippen LogP contribution < -0.4 is 5.32 Å².